The number of rotatable bonds is 8. The van der Waals surface area contributed by atoms with Crippen LogP contribution in [-0.2, 0) is 16.0 Å². The fourth-order valence-electron chi connectivity index (χ4n) is 1.41. The van der Waals surface area contributed by atoms with Gasteiger partial charge in [0.25, 0.3) is 5.56 Å². The number of ether oxygens (including phenoxy) is 2. The first kappa shape index (κ1) is 14.7. The lowest BCUT2D eigenvalue weighted by Crippen LogP contribution is -2.25. The first-order chi connectivity index (χ1) is 8.63. The minimum atomic E-state index is -0.129. The van der Waals surface area contributed by atoms with Crippen molar-refractivity contribution in [2.75, 3.05) is 32.2 Å². The van der Waals surface area contributed by atoms with E-state index in [1.165, 1.54) is 4.68 Å². The second kappa shape index (κ2) is 7.84. The lowest BCUT2D eigenvalue weighted by atomic mass is 10.3. The number of hydrogen-bond donors (Lipinski definition) is 1. The fraction of sp³-hybridized carbons (Fsp3) is 0.667. The summed E-state index contributed by atoms with van der Waals surface area (Å²) < 4.78 is 11.5. The van der Waals surface area contributed by atoms with Crippen LogP contribution in [0.3, 0.4) is 0 Å². The Morgan fingerprint density at radius 2 is 2.17 bits per heavy atom. The number of methoxy groups -OCH3 is 1. The van der Waals surface area contributed by atoms with Crippen LogP contribution in [0.2, 0.25) is 0 Å². The molecule has 0 atom stereocenters. The monoisotopic (exact) mass is 255 g/mol. The first-order valence-electron chi connectivity index (χ1n) is 6.04. The Balaban J connectivity index is 2.45. The molecule has 0 radical (unpaired) electrons. The van der Waals surface area contributed by atoms with Crippen molar-refractivity contribution in [3.63, 3.8) is 0 Å². The van der Waals surface area contributed by atoms with Crippen LogP contribution >= 0.6 is 0 Å². The summed E-state index contributed by atoms with van der Waals surface area (Å²) in [4.78, 5) is 11.7. The molecule has 102 valence electrons. The topological polar surface area (TPSA) is 65.4 Å². The normalized spacial score (nSPS) is 10.9. The van der Waals surface area contributed by atoms with Gasteiger partial charge in [-0.15, -0.1) is 0 Å². The molecule has 6 heteroatoms. The van der Waals surface area contributed by atoms with Gasteiger partial charge >= 0.3 is 0 Å². The minimum absolute atomic E-state index is 0.129. The van der Waals surface area contributed by atoms with Crippen LogP contribution in [0.4, 0.5) is 5.69 Å². The number of anilines is 1. The molecule has 6 nitrogen and oxygen atoms in total. The van der Waals surface area contributed by atoms with Gasteiger partial charge in [0.1, 0.15) is 0 Å². The van der Waals surface area contributed by atoms with Crippen molar-refractivity contribution >= 4 is 5.69 Å². The lowest BCUT2D eigenvalue weighted by Gasteiger charge is -2.10. The number of nitrogens with zero attached hydrogens (tertiary/aromatic N) is 2. The molecular weight excluding hydrogens is 234 g/mol. The second-order valence-electron chi connectivity index (χ2n) is 4.21. The fourth-order valence-corrected chi connectivity index (χ4v) is 1.41. The average molecular weight is 255 g/mol. The molecule has 18 heavy (non-hydrogen) atoms. The van der Waals surface area contributed by atoms with Crippen LogP contribution in [0.25, 0.3) is 0 Å². The van der Waals surface area contributed by atoms with Crippen LogP contribution in [0, 0.1) is 0 Å². The summed E-state index contributed by atoms with van der Waals surface area (Å²) in [5.74, 6) is 0. The summed E-state index contributed by atoms with van der Waals surface area (Å²) in [6.07, 6.45) is 1.65. The van der Waals surface area contributed by atoms with Crippen molar-refractivity contribution in [1.82, 2.24) is 9.78 Å². The van der Waals surface area contributed by atoms with Gasteiger partial charge < -0.3 is 14.8 Å². The van der Waals surface area contributed by atoms with E-state index in [0.717, 1.165) is 5.69 Å². The van der Waals surface area contributed by atoms with Crippen molar-refractivity contribution in [3.8, 4) is 0 Å². The highest BCUT2D eigenvalue weighted by atomic mass is 16.5. The van der Waals surface area contributed by atoms with E-state index in [9.17, 15) is 4.79 Å². The summed E-state index contributed by atoms with van der Waals surface area (Å²) in [6, 6.07) is 1.82. The molecule has 0 bridgehead atoms. The highest BCUT2D eigenvalue weighted by Crippen LogP contribution is 2.01. The first-order valence-corrected chi connectivity index (χ1v) is 6.04. The lowest BCUT2D eigenvalue weighted by molar-refractivity contribution is 0.0649. The molecule has 1 aromatic heterocycles. The van der Waals surface area contributed by atoms with E-state index in [1.54, 1.807) is 19.4 Å². The Kier molecular flexibility index (Phi) is 6.38. The van der Waals surface area contributed by atoms with E-state index in [2.05, 4.69) is 10.4 Å². The Morgan fingerprint density at radius 3 is 2.78 bits per heavy atom. The molecule has 1 N–H and O–H groups in total. The van der Waals surface area contributed by atoms with Gasteiger partial charge in [0.05, 0.1) is 38.2 Å². The molecule has 0 fully saturated rings. The Labute approximate surface area is 107 Å². The molecular formula is C12H21N3O3. The highest BCUT2D eigenvalue weighted by molar-refractivity contribution is 5.39. The van der Waals surface area contributed by atoms with E-state index >= 15 is 0 Å². The van der Waals surface area contributed by atoms with Crippen molar-refractivity contribution in [1.29, 1.82) is 0 Å². The standard InChI is InChI=1S/C12H21N3O3/c1-10(2)14-11-8-12(16)15(13-9-11)4-5-18-7-6-17-3/h8-10,14H,4-7H2,1-3H3. The molecule has 0 unspecified atom stereocenters. The van der Waals surface area contributed by atoms with Crippen molar-refractivity contribution in [2.24, 2.45) is 0 Å². The number of aromatic nitrogens is 2. The smallest absolute Gasteiger partial charge is 0.268 e. The van der Waals surface area contributed by atoms with Gasteiger partial charge in [-0.25, -0.2) is 4.68 Å². The van der Waals surface area contributed by atoms with Crippen LogP contribution < -0.4 is 10.9 Å². The Morgan fingerprint density at radius 1 is 1.39 bits per heavy atom. The zero-order valence-corrected chi connectivity index (χ0v) is 11.2. The van der Waals surface area contributed by atoms with Gasteiger partial charge in [0.15, 0.2) is 0 Å². The van der Waals surface area contributed by atoms with Gasteiger partial charge in [-0.2, -0.15) is 5.10 Å². The van der Waals surface area contributed by atoms with Crippen LogP contribution in [0.1, 0.15) is 13.8 Å². The van der Waals surface area contributed by atoms with Crippen LogP contribution in [-0.4, -0.2) is 42.8 Å². The van der Waals surface area contributed by atoms with Gasteiger partial charge in [0.2, 0.25) is 0 Å². The van der Waals surface area contributed by atoms with Crippen LogP contribution in [0.15, 0.2) is 17.1 Å². The average Bonchev–Trinajstić information content (AvgIpc) is 2.30. The van der Waals surface area contributed by atoms with Crippen molar-refractivity contribution < 1.29 is 9.47 Å². The SMILES string of the molecule is COCCOCCn1ncc(NC(C)C)cc1=O. The maximum absolute atomic E-state index is 11.7. The van der Waals surface area contributed by atoms with E-state index in [-0.39, 0.29) is 11.6 Å². The van der Waals surface area contributed by atoms with Gasteiger partial charge in [-0.1, -0.05) is 0 Å². The van der Waals surface area contributed by atoms with Crippen LogP contribution in [0.5, 0.6) is 0 Å². The number of hydrogen-bond acceptors (Lipinski definition) is 5. The van der Waals surface area contributed by atoms with Crippen molar-refractivity contribution in [2.45, 2.75) is 26.4 Å². The molecule has 0 aliphatic carbocycles. The van der Waals surface area contributed by atoms with E-state index in [0.29, 0.717) is 26.4 Å². The predicted molar refractivity (Wildman–Crippen MR) is 70.0 cm³/mol. The molecule has 1 aromatic rings. The molecule has 0 amide bonds. The summed E-state index contributed by atoms with van der Waals surface area (Å²) in [5, 5.41) is 7.21. The molecule has 0 aliphatic heterocycles. The third-order valence-corrected chi connectivity index (χ3v) is 2.20. The molecule has 0 saturated carbocycles. The minimum Gasteiger partial charge on any atom is -0.382 e. The van der Waals surface area contributed by atoms with E-state index in [1.807, 2.05) is 13.8 Å². The Hall–Kier alpha value is -1.40. The maximum atomic E-state index is 11.7. The Bertz CT molecular complexity index is 404. The third-order valence-electron chi connectivity index (χ3n) is 2.20. The summed E-state index contributed by atoms with van der Waals surface area (Å²) >= 11 is 0. The molecule has 0 aromatic carbocycles. The molecule has 0 aliphatic rings. The van der Waals surface area contributed by atoms with E-state index in [4.69, 9.17) is 9.47 Å². The largest absolute Gasteiger partial charge is 0.382 e. The summed E-state index contributed by atoms with van der Waals surface area (Å²) in [7, 11) is 1.62. The second-order valence-corrected chi connectivity index (χ2v) is 4.21. The number of nitrogens with one attached hydrogen (secondary N) is 1. The zero-order valence-electron chi connectivity index (χ0n) is 11.2. The highest BCUT2D eigenvalue weighted by Gasteiger charge is 2.01. The molecule has 0 spiro atoms. The quantitative estimate of drug-likeness (QED) is 0.694. The molecule has 1 rings (SSSR count). The molecule has 1 heterocycles. The van der Waals surface area contributed by atoms with E-state index < -0.39 is 0 Å². The van der Waals surface area contributed by atoms with Crippen molar-refractivity contribution in [3.05, 3.63) is 22.6 Å². The van der Waals surface area contributed by atoms with Gasteiger partial charge in [0, 0.05) is 19.2 Å². The molecule has 0 saturated heterocycles. The van der Waals surface area contributed by atoms with Gasteiger partial charge in [-0.05, 0) is 13.8 Å². The zero-order chi connectivity index (χ0) is 13.4. The predicted octanol–water partition coefficient (Wildman–Crippen LogP) is 0.727. The summed E-state index contributed by atoms with van der Waals surface area (Å²) in [6.45, 7) is 6.00. The third kappa shape index (κ3) is 5.29. The van der Waals surface area contributed by atoms with Gasteiger partial charge in [-0.3, -0.25) is 4.79 Å². The maximum Gasteiger partial charge on any atom is 0.268 e. The summed E-state index contributed by atoms with van der Waals surface area (Å²) in [5.41, 5.74) is 0.613.